The van der Waals surface area contributed by atoms with Gasteiger partial charge in [-0.25, -0.2) is 4.39 Å². The maximum absolute atomic E-state index is 13.4. The second-order valence-corrected chi connectivity index (χ2v) is 8.15. The molecule has 0 aliphatic carbocycles. The van der Waals surface area contributed by atoms with Crippen LogP contribution in [0.2, 0.25) is 0 Å². The zero-order chi connectivity index (χ0) is 20.5. The van der Waals surface area contributed by atoms with Crippen molar-refractivity contribution in [1.29, 1.82) is 0 Å². The fourth-order valence-corrected chi connectivity index (χ4v) is 4.48. The van der Waals surface area contributed by atoms with Crippen LogP contribution in [0.5, 0.6) is 5.75 Å². The first-order valence-electron chi connectivity index (χ1n) is 10.2. The van der Waals surface area contributed by atoms with Crippen LogP contribution in [0.3, 0.4) is 0 Å². The Morgan fingerprint density at radius 2 is 1.93 bits per heavy atom. The highest BCUT2D eigenvalue weighted by molar-refractivity contribution is 5.82. The number of carbonyl (C=O) groups is 1. The van der Waals surface area contributed by atoms with E-state index < -0.39 is 0 Å². The van der Waals surface area contributed by atoms with Gasteiger partial charge in [-0.2, -0.15) is 0 Å². The highest BCUT2D eigenvalue weighted by Crippen LogP contribution is 2.39. The molecule has 1 amide bonds. The molecule has 5 nitrogen and oxygen atoms in total. The number of piperazine rings is 1. The van der Waals surface area contributed by atoms with E-state index in [1.165, 1.54) is 17.7 Å². The van der Waals surface area contributed by atoms with Crippen molar-refractivity contribution in [3.8, 4) is 5.75 Å². The maximum Gasteiger partial charge on any atom is 0.225 e. The summed E-state index contributed by atoms with van der Waals surface area (Å²) in [5.74, 6) is 0.549. The first-order chi connectivity index (χ1) is 14.0. The van der Waals surface area contributed by atoms with Crippen molar-refractivity contribution < 1.29 is 13.9 Å². The molecule has 0 bridgehead atoms. The summed E-state index contributed by atoms with van der Waals surface area (Å²) in [6, 6.07) is 12.9. The zero-order valence-electron chi connectivity index (χ0n) is 17.2. The molecule has 2 atom stereocenters. The molecule has 154 valence electrons. The highest BCUT2D eigenvalue weighted by atomic mass is 19.1. The molecule has 2 aliphatic rings. The highest BCUT2D eigenvalue weighted by Gasteiger charge is 2.41. The lowest BCUT2D eigenvalue weighted by Gasteiger charge is -2.49. The molecule has 2 aliphatic heterocycles. The smallest absolute Gasteiger partial charge is 0.225 e. The van der Waals surface area contributed by atoms with Crippen LogP contribution < -0.4 is 19.9 Å². The SMILES string of the molecule is COc1ccc2c(c1)N1CCN(c3ccc(F)cc3)C[C@@H]1[C@@H](C(=O)NC(C)C)C2. The summed E-state index contributed by atoms with van der Waals surface area (Å²) in [4.78, 5) is 17.7. The lowest BCUT2D eigenvalue weighted by atomic mass is 9.83. The summed E-state index contributed by atoms with van der Waals surface area (Å²) in [6.45, 7) is 6.31. The monoisotopic (exact) mass is 397 g/mol. The molecule has 0 unspecified atom stereocenters. The van der Waals surface area contributed by atoms with Crippen LogP contribution in [0.15, 0.2) is 42.5 Å². The zero-order valence-corrected chi connectivity index (χ0v) is 17.2. The van der Waals surface area contributed by atoms with E-state index in [1.807, 2.05) is 32.0 Å². The van der Waals surface area contributed by atoms with E-state index in [0.29, 0.717) is 6.42 Å². The van der Waals surface area contributed by atoms with Gasteiger partial charge in [-0.05, 0) is 56.2 Å². The van der Waals surface area contributed by atoms with Gasteiger partial charge < -0.3 is 19.9 Å². The first-order valence-corrected chi connectivity index (χ1v) is 10.2. The van der Waals surface area contributed by atoms with Crippen LogP contribution in [-0.4, -0.2) is 44.7 Å². The van der Waals surface area contributed by atoms with Gasteiger partial charge >= 0.3 is 0 Å². The molecule has 6 heteroatoms. The van der Waals surface area contributed by atoms with Crippen LogP contribution in [-0.2, 0) is 11.2 Å². The van der Waals surface area contributed by atoms with Gasteiger partial charge in [0, 0.05) is 43.1 Å². The van der Waals surface area contributed by atoms with Crippen LogP contribution in [0, 0.1) is 11.7 Å². The molecule has 1 saturated heterocycles. The Balaban J connectivity index is 1.67. The van der Waals surface area contributed by atoms with Crippen molar-refractivity contribution in [1.82, 2.24) is 5.32 Å². The number of nitrogens with zero attached hydrogens (tertiary/aromatic N) is 2. The number of rotatable bonds is 4. The molecule has 0 radical (unpaired) electrons. The Bertz CT molecular complexity index is 884. The Labute approximate surface area is 171 Å². The number of carbonyl (C=O) groups excluding carboxylic acids is 1. The Kier molecular flexibility index (Phi) is 5.35. The molecular weight excluding hydrogens is 369 g/mol. The third-order valence-corrected chi connectivity index (χ3v) is 5.88. The third-order valence-electron chi connectivity index (χ3n) is 5.88. The standard InChI is InChI=1S/C23H28FN3O2/c1-15(2)25-23(28)20-12-16-4-9-19(29-3)13-21(16)27-11-10-26(14-22(20)27)18-7-5-17(24)6-8-18/h4-9,13,15,20,22H,10-12,14H2,1-3H3,(H,25,28)/t20-,22+/m0/s1. The van der Waals surface area contributed by atoms with Crippen LogP contribution in [0.4, 0.5) is 15.8 Å². The van der Waals surface area contributed by atoms with Gasteiger partial charge in [-0.15, -0.1) is 0 Å². The lowest BCUT2D eigenvalue weighted by molar-refractivity contribution is -0.126. The summed E-state index contributed by atoms with van der Waals surface area (Å²) in [6.07, 6.45) is 0.705. The number of ether oxygens (including phenoxy) is 1. The summed E-state index contributed by atoms with van der Waals surface area (Å²) in [5.41, 5.74) is 3.33. The van der Waals surface area contributed by atoms with Gasteiger partial charge in [-0.1, -0.05) is 6.07 Å². The average Bonchev–Trinajstić information content (AvgIpc) is 2.72. The van der Waals surface area contributed by atoms with E-state index in [-0.39, 0.29) is 29.7 Å². The number of nitrogens with one attached hydrogen (secondary N) is 1. The number of methoxy groups -OCH3 is 1. The van der Waals surface area contributed by atoms with E-state index in [9.17, 15) is 9.18 Å². The molecule has 1 fully saturated rings. The molecule has 2 aromatic carbocycles. The average molecular weight is 397 g/mol. The minimum Gasteiger partial charge on any atom is -0.497 e. The minimum atomic E-state index is -0.236. The van der Waals surface area contributed by atoms with Crippen LogP contribution in [0.25, 0.3) is 0 Å². The van der Waals surface area contributed by atoms with Gasteiger partial charge in [0.25, 0.3) is 0 Å². The second kappa shape index (κ2) is 7.93. The number of hydrogen-bond donors (Lipinski definition) is 1. The Hall–Kier alpha value is -2.76. The largest absolute Gasteiger partial charge is 0.497 e. The quantitative estimate of drug-likeness (QED) is 0.861. The number of benzene rings is 2. The van der Waals surface area contributed by atoms with E-state index in [0.717, 1.165) is 36.8 Å². The predicted octanol–water partition coefficient (Wildman–Crippen LogP) is 3.23. The Morgan fingerprint density at radius 1 is 1.17 bits per heavy atom. The lowest BCUT2D eigenvalue weighted by Crippen LogP contribution is -2.61. The number of halogens is 1. The van der Waals surface area contributed by atoms with Crippen LogP contribution in [0.1, 0.15) is 19.4 Å². The Morgan fingerprint density at radius 3 is 2.62 bits per heavy atom. The molecule has 0 spiro atoms. The summed E-state index contributed by atoms with van der Waals surface area (Å²) >= 11 is 0. The normalized spacial score (nSPS) is 20.9. The van der Waals surface area contributed by atoms with Crippen molar-refractivity contribution in [2.24, 2.45) is 5.92 Å². The molecular formula is C23H28FN3O2. The number of fused-ring (bicyclic) bond motifs is 3. The maximum atomic E-state index is 13.4. The van der Waals surface area contributed by atoms with Crippen molar-refractivity contribution in [3.63, 3.8) is 0 Å². The molecule has 2 aromatic rings. The predicted molar refractivity (Wildman–Crippen MR) is 113 cm³/mol. The van der Waals surface area contributed by atoms with Gasteiger partial charge in [0.15, 0.2) is 0 Å². The molecule has 29 heavy (non-hydrogen) atoms. The minimum absolute atomic E-state index is 0.0483. The van der Waals surface area contributed by atoms with Gasteiger partial charge in [0.2, 0.25) is 5.91 Å². The van der Waals surface area contributed by atoms with Crippen molar-refractivity contribution in [2.45, 2.75) is 32.4 Å². The van der Waals surface area contributed by atoms with Crippen molar-refractivity contribution in [2.75, 3.05) is 36.5 Å². The summed E-state index contributed by atoms with van der Waals surface area (Å²) in [5, 5.41) is 3.10. The number of hydrogen-bond acceptors (Lipinski definition) is 4. The fourth-order valence-electron chi connectivity index (χ4n) is 4.48. The van der Waals surface area contributed by atoms with Gasteiger partial charge in [0.1, 0.15) is 11.6 Å². The van der Waals surface area contributed by atoms with Gasteiger partial charge in [-0.3, -0.25) is 4.79 Å². The van der Waals surface area contributed by atoms with Crippen LogP contribution >= 0.6 is 0 Å². The molecule has 2 heterocycles. The molecule has 4 rings (SSSR count). The summed E-state index contributed by atoms with van der Waals surface area (Å²) < 4.78 is 18.8. The topological polar surface area (TPSA) is 44.8 Å². The second-order valence-electron chi connectivity index (χ2n) is 8.15. The number of anilines is 2. The van der Waals surface area contributed by atoms with E-state index in [1.54, 1.807) is 7.11 Å². The van der Waals surface area contributed by atoms with Crippen molar-refractivity contribution >= 4 is 17.3 Å². The summed E-state index contributed by atoms with van der Waals surface area (Å²) in [7, 11) is 1.67. The van der Waals surface area contributed by atoms with Crippen molar-refractivity contribution in [3.05, 3.63) is 53.8 Å². The molecule has 0 aromatic heterocycles. The molecule has 0 saturated carbocycles. The fraction of sp³-hybridized carbons (Fsp3) is 0.435. The van der Waals surface area contributed by atoms with E-state index >= 15 is 0 Å². The third kappa shape index (κ3) is 3.88. The molecule has 1 N–H and O–H groups in total. The van der Waals surface area contributed by atoms with E-state index in [2.05, 4.69) is 27.2 Å². The number of amides is 1. The van der Waals surface area contributed by atoms with E-state index in [4.69, 9.17) is 4.74 Å². The first kappa shape index (κ1) is 19.6. The van der Waals surface area contributed by atoms with Gasteiger partial charge in [0.05, 0.1) is 19.1 Å².